The van der Waals surface area contributed by atoms with Gasteiger partial charge in [-0.2, -0.15) is 0 Å². The lowest BCUT2D eigenvalue weighted by molar-refractivity contribution is 0.155. The van der Waals surface area contributed by atoms with Gasteiger partial charge < -0.3 is 9.52 Å². The highest BCUT2D eigenvalue weighted by Gasteiger charge is 2.27. The highest BCUT2D eigenvalue weighted by Crippen LogP contribution is 2.27. The number of rotatable bonds is 3. The Bertz CT molecular complexity index is 655. The molecule has 0 saturated heterocycles. The maximum Gasteiger partial charge on any atom is 0.420 e. The van der Waals surface area contributed by atoms with E-state index in [-0.39, 0.29) is 6.61 Å². The monoisotopic (exact) mass is 281 g/mol. The zero-order chi connectivity index (χ0) is 14.2. The molecule has 1 heterocycles. The summed E-state index contributed by atoms with van der Waals surface area (Å²) in [7, 11) is 0. The molecule has 0 aliphatic rings. The summed E-state index contributed by atoms with van der Waals surface area (Å²) in [4.78, 5) is 12.0. The van der Waals surface area contributed by atoms with Crippen LogP contribution in [0.15, 0.2) is 33.5 Å². The van der Waals surface area contributed by atoms with Crippen LogP contribution in [0.1, 0.15) is 19.5 Å². The fraction of sp³-hybridized carbons (Fsp3) is 0.357. The molecule has 0 unspecified atom stereocenters. The number of nitrogens with zero attached hydrogens (tertiary/aromatic N) is 1. The van der Waals surface area contributed by atoms with Crippen LogP contribution < -0.4 is 5.76 Å². The van der Waals surface area contributed by atoms with Crippen molar-refractivity contribution in [3.8, 4) is 11.3 Å². The highest BCUT2D eigenvalue weighted by molar-refractivity contribution is 6.30. The molecule has 0 spiro atoms. The minimum atomic E-state index is -0.707. The Morgan fingerprint density at radius 1 is 1.42 bits per heavy atom. The van der Waals surface area contributed by atoms with Crippen LogP contribution >= 0.6 is 11.6 Å². The molecule has 2 rings (SSSR count). The predicted molar refractivity (Wildman–Crippen MR) is 74.6 cm³/mol. The van der Waals surface area contributed by atoms with E-state index in [9.17, 15) is 9.90 Å². The van der Waals surface area contributed by atoms with Crippen LogP contribution in [0.2, 0.25) is 5.02 Å². The van der Waals surface area contributed by atoms with Gasteiger partial charge in [0.15, 0.2) is 5.76 Å². The second kappa shape index (κ2) is 4.87. The Hall–Kier alpha value is -1.52. The van der Waals surface area contributed by atoms with E-state index < -0.39 is 11.3 Å². The van der Waals surface area contributed by atoms with E-state index in [0.29, 0.717) is 16.5 Å². The van der Waals surface area contributed by atoms with Crippen molar-refractivity contribution in [3.63, 3.8) is 0 Å². The Morgan fingerprint density at radius 3 is 2.68 bits per heavy atom. The van der Waals surface area contributed by atoms with Gasteiger partial charge in [0.25, 0.3) is 0 Å². The summed E-state index contributed by atoms with van der Waals surface area (Å²) in [5.41, 5.74) is 0.711. The van der Waals surface area contributed by atoms with Gasteiger partial charge in [0.05, 0.1) is 17.8 Å². The third kappa shape index (κ3) is 2.46. The Kier molecular flexibility index (Phi) is 3.56. The molecule has 0 bridgehead atoms. The van der Waals surface area contributed by atoms with Crippen molar-refractivity contribution in [2.24, 2.45) is 0 Å². The minimum absolute atomic E-state index is 0.151. The maximum atomic E-state index is 12.0. The van der Waals surface area contributed by atoms with Crippen LogP contribution in [0.5, 0.6) is 0 Å². The number of aliphatic hydroxyl groups excluding tert-OH is 1. The first-order chi connectivity index (χ1) is 8.86. The van der Waals surface area contributed by atoms with Crippen molar-refractivity contribution in [1.82, 2.24) is 4.57 Å². The lowest BCUT2D eigenvalue weighted by Gasteiger charge is -2.23. The van der Waals surface area contributed by atoms with Crippen LogP contribution in [0.25, 0.3) is 11.3 Å². The normalized spacial score (nSPS) is 11.8. The third-order valence-corrected chi connectivity index (χ3v) is 3.35. The smallest absolute Gasteiger partial charge is 0.407 e. The number of halogens is 1. The molecule has 102 valence electrons. The molecule has 0 fully saturated rings. The van der Waals surface area contributed by atoms with Gasteiger partial charge in [-0.05, 0) is 32.9 Å². The minimum Gasteiger partial charge on any atom is -0.407 e. The molecule has 5 heteroatoms. The lowest BCUT2D eigenvalue weighted by atomic mass is 10.1. The largest absolute Gasteiger partial charge is 0.420 e. The summed E-state index contributed by atoms with van der Waals surface area (Å²) in [5.74, 6) is 0.000510. The second-order valence-electron chi connectivity index (χ2n) is 5.10. The standard InChI is InChI=1S/C14H16ClNO3/c1-9-12(10-5-4-6-11(15)7-10)19-13(18)16(9)14(2,3)8-17/h4-7,17H,8H2,1-3H3. The molecule has 1 aromatic heterocycles. The van der Waals surface area contributed by atoms with Crippen molar-refractivity contribution in [3.05, 3.63) is 45.5 Å². The summed E-state index contributed by atoms with van der Waals surface area (Å²) in [5, 5.41) is 9.98. The molecule has 2 aromatic rings. The fourth-order valence-electron chi connectivity index (χ4n) is 2.11. The average molecular weight is 282 g/mol. The maximum absolute atomic E-state index is 12.0. The number of oxazole rings is 1. The van der Waals surface area contributed by atoms with Gasteiger partial charge in [-0.25, -0.2) is 4.79 Å². The first-order valence-electron chi connectivity index (χ1n) is 5.96. The van der Waals surface area contributed by atoms with Crippen molar-refractivity contribution in [1.29, 1.82) is 0 Å². The van der Waals surface area contributed by atoms with Crippen LogP contribution in [0.4, 0.5) is 0 Å². The summed E-state index contributed by atoms with van der Waals surface area (Å²) in [6.45, 7) is 5.19. The van der Waals surface area contributed by atoms with E-state index in [4.69, 9.17) is 16.0 Å². The summed E-state index contributed by atoms with van der Waals surface area (Å²) in [6, 6.07) is 7.12. The molecule has 1 N–H and O–H groups in total. The number of hydrogen-bond acceptors (Lipinski definition) is 3. The molecular weight excluding hydrogens is 266 g/mol. The molecule has 0 amide bonds. The summed E-state index contributed by atoms with van der Waals surface area (Å²) < 4.78 is 6.77. The molecule has 0 atom stereocenters. The third-order valence-electron chi connectivity index (χ3n) is 3.12. The molecule has 19 heavy (non-hydrogen) atoms. The van der Waals surface area contributed by atoms with Gasteiger partial charge in [-0.1, -0.05) is 23.7 Å². The van der Waals surface area contributed by atoms with E-state index >= 15 is 0 Å². The van der Waals surface area contributed by atoms with E-state index in [2.05, 4.69) is 0 Å². The van der Waals surface area contributed by atoms with Gasteiger partial charge in [0.1, 0.15) is 0 Å². The number of aromatic nitrogens is 1. The predicted octanol–water partition coefficient (Wildman–Crippen LogP) is 2.80. The Balaban J connectivity index is 2.63. The molecule has 0 saturated carbocycles. The van der Waals surface area contributed by atoms with Crippen molar-refractivity contribution >= 4 is 11.6 Å². The Labute approximate surface area is 116 Å². The van der Waals surface area contributed by atoms with Crippen LogP contribution in [0, 0.1) is 6.92 Å². The second-order valence-corrected chi connectivity index (χ2v) is 5.54. The van der Waals surface area contributed by atoms with Crippen molar-refractivity contribution < 1.29 is 9.52 Å². The van der Waals surface area contributed by atoms with Gasteiger partial charge in [-0.15, -0.1) is 0 Å². The van der Waals surface area contributed by atoms with Gasteiger partial charge in [0.2, 0.25) is 0 Å². The van der Waals surface area contributed by atoms with E-state index in [0.717, 1.165) is 5.56 Å². The van der Waals surface area contributed by atoms with Gasteiger partial charge >= 0.3 is 5.76 Å². The lowest BCUT2D eigenvalue weighted by Crippen LogP contribution is -2.37. The van der Waals surface area contributed by atoms with Crippen molar-refractivity contribution in [2.75, 3.05) is 6.61 Å². The van der Waals surface area contributed by atoms with E-state index in [1.807, 2.05) is 6.07 Å². The van der Waals surface area contributed by atoms with Crippen LogP contribution in [-0.4, -0.2) is 16.3 Å². The molecule has 0 radical (unpaired) electrons. The zero-order valence-corrected chi connectivity index (χ0v) is 11.9. The Morgan fingerprint density at radius 2 is 2.11 bits per heavy atom. The summed E-state index contributed by atoms with van der Waals surface area (Å²) in [6.07, 6.45) is 0. The van der Waals surface area contributed by atoms with Crippen LogP contribution in [-0.2, 0) is 5.54 Å². The fourth-order valence-corrected chi connectivity index (χ4v) is 2.30. The van der Waals surface area contributed by atoms with Crippen molar-refractivity contribution in [2.45, 2.75) is 26.3 Å². The number of aliphatic hydroxyl groups is 1. The number of benzene rings is 1. The first-order valence-corrected chi connectivity index (χ1v) is 6.34. The summed E-state index contributed by atoms with van der Waals surface area (Å²) >= 11 is 5.94. The van der Waals surface area contributed by atoms with Crippen LogP contribution in [0.3, 0.4) is 0 Å². The number of hydrogen-bond donors (Lipinski definition) is 1. The van der Waals surface area contributed by atoms with Gasteiger partial charge in [0, 0.05) is 10.6 Å². The van der Waals surface area contributed by atoms with E-state index in [1.54, 1.807) is 39.0 Å². The topological polar surface area (TPSA) is 55.4 Å². The van der Waals surface area contributed by atoms with E-state index in [1.165, 1.54) is 4.57 Å². The SMILES string of the molecule is Cc1c(-c2cccc(Cl)c2)oc(=O)n1C(C)(C)CO. The quantitative estimate of drug-likeness (QED) is 0.941. The van der Waals surface area contributed by atoms with Gasteiger partial charge in [-0.3, -0.25) is 4.57 Å². The average Bonchev–Trinajstić information content (AvgIpc) is 2.65. The molecule has 0 aliphatic carbocycles. The molecule has 0 aliphatic heterocycles. The highest BCUT2D eigenvalue weighted by atomic mass is 35.5. The molecule has 1 aromatic carbocycles. The zero-order valence-electron chi connectivity index (χ0n) is 11.1. The first kappa shape index (κ1) is 13.9. The molecular formula is C14H16ClNO3. The molecule has 4 nitrogen and oxygen atoms in total.